The van der Waals surface area contributed by atoms with Gasteiger partial charge in [-0.2, -0.15) is 0 Å². The van der Waals surface area contributed by atoms with Crippen LogP contribution in [0.5, 0.6) is 0 Å². The van der Waals surface area contributed by atoms with E-state index in [0.29, 0.717) is 15.8 Å². The van der Waals surface area contributed by atoms with Gasteiger partial charge < -0.3 is 10.1 Å². The fraction of sp³-hybridized carbons (Fsp3) is 0.300. The van der Waals surface area contributed by atoms with Crippen LogP contribution in [-0.4, -0.2) is 27.5 Å². The van der Waals surface area contributed by atoms with Crippen molar-refractivity contribution in [2.45, 2.75) is 40.0 Å². The van der Waals surface area contributed by atoms with Gasteiger partial charge in [-0.15, -0.1) is 11.3 Å². The number of amides is 1. The Labute approximate surface area is 170 Å². The standard InChI is InChI=1S/C20H20FN3O4S/c1-11-13(3)29-19-17(11)20(27)24(10-23-19)9-16(25)28-12(2)18(26)22-8-14-4-6-15(21)7-5-14/h4-7,10,12H,8-9H2,1-3H3,(H,22,26)/t12-/m0/s1. The van der Waals surface area contributed by atoms with Gasteiger partial charge in [0.1, 0.15) is 17.2 Å². The summed E-state index contributed by atoms with van der Waals surface area (Å²) in [5.41, 5.74) is 1.24. The first-order chi connectivity index (χ1) is 13.8. The van der Waals surface area contributed by atoms with Crippen LogP contribution in [0, 0.1) is 19.7 Å². The largest absolute Gasteiger partial charge is 0.451 e. The number of aromatic nitrogens is 2. The molecule has 7 nitrogen and oxygen atoms in total. The molecule has 1 amide bonds. The predicted octanol–water partition coefficient (Wildman–Crippen LogP) is 2.46. The number of nitrogens with one attached hydrogen (secondary N) is 1. The van der Waals surface area contributed by atoms with E-state index in [9.17, 15) is 18.8 Å². The van der Waals surface area contributed by atoms with Crippen molar-refractivity contribution >= 4 is 33.4 Å². The van der Waals surface area contributed by atoms with Crippen LogP contribution in [-0.2, 0) is 27.4 Å². The summed E-state index contributed by atoms with van der Waals surface area (Å²) < 4.78 is 19.2. The minimum atomic E-state index is -1.04. The Bertz CT molecular complexity index is 1120. The highest BCUT2D eigenvalue weighted by Gasteiger charge is 2.19. The molecule has 1 N–H and O–H groups in total. The number of halogens is 1. The van der Waals surface area contributed by atoms with Crippen molar-refractivity contribution in [2.75, 3.05) is 0 Å². The van der Waals surface area contributed by atoms with E-state index >= 15 is 0 Å². The van der Waals surface area contributed by atoms with Crippen molar-refractivity contribution in [1.29, 1.82) is 0 Å². The number of carbonyl (C=O) groups is 2. The Balaban J connectivity index is 1.59. The number of hydrogen-bond acceptors (Lipinski definition) is 6. The second-order valence-corrected chi connectivity index (χ2v) is 7.82. The highest BCUT2D eigenvalue weighted by Crippen LogP contribution is 2.25. The number of fused-ring (bicyclic) bond motifs is 1. The van der Waals surface area contributed by atoms with Crippen LogP contribution in [0.3, 0.4) is 0 Å². The van der Waals surface area contributed by atoms with Crippen molar-refractivity contribution in [2.24, 2.45) is 0 Å². The molecule has 0 aliphatic rings. The Kier molecular flexibility index (Phi) is 6.07. The molecular weight excluding hydrogens is 397 g/mol. The van der Waals surface area contributed by atoms with Gasteiger partial charge in [0.2, 0.25) is 0 Å². The smallest absolute Gasteiger partial charge is 0.326 e. The van der Waals surface area contributed by atoms with E-state index in [-0.39, 0.29) is 24.5 Å². The second-order valence-electron chi connectivity index (χ2n) is 6.62. The Morgan fingerprint density at radius 1 is 1.28 bits per heavy atom. The van der Waals surface area contributed by atoms with E-state index in [1.165, 1.54) is 41.3 Å². The van der Waals surface area contributed by atoms with Crippen LogP contribution in [0.4, 0.5) is 4.39 Å². The third-order valence-corrected chi connectivity index (χ3v) is 5.63. The van der Waals surface area contributed by atoms with E-state index in [1.54, 1.807) is 12.1 Å². The quantitative estimate of drug-likeness (QED) is 0.623. The van der Waals surface area contributed by atoms with E-state index < -0.39 is 18.0 Å². The summed E-state index contributed by atoms with van der Waals surface area (Å²) in [6, 6.07) is 5.69. The summed E-state index contributed by atoms with van der Waals surface area (Å²) >= 11 is 1.43. The number of nitrogens with zero attached hydrogens (tertiary/aromatic N) is 2. The van der Waals surface area contributed by atoms with Gasteiger partial charge in [-0.3, -0.25) is 19.0 Å². The molecule has 0 spiro atoms. The molecule has 1 aromatic carbocycles. The molecule has 2 aromatic heterocycles. The van der Waals surface area contributed by atoms with Crippen molar-refractivity contribution in [1.82, 2.24) is 14.9 Å². The third kappa shape index (κ3) is 4.68. The zero-order valence-electron chi connectivity index (χ0n) is 16.2. The SMILES string of the molecule is Cc1sc2ncn(CC(=O)O[C@@H](C)C(=O)NCc3ccc(F)cc3)c(=O)c2c1C. The molecule has 29 heavy (non-hydrogen) atoms. The summed E-state index contributed by atoms with van der Waals surface area (Å²) in [5.74, 6) is -1.58. The number of benzene rings is 1. The maximum absolute atomic E-state index is 12.9. The normalized spacial score (nSPS) is 12.0. The molecule has 3 aromatic rings. The van der Waals surface area contributed by atoms with Gasteiger partial charge in [0, 0.05) is 11.4 Å². The van der Waals surface area contributed by atoms with Gasteiger partial charge in [0.05, 0.1) is 11.7 Å². The number of esters is 1. The Morgan fingerprint density at radius 2 is 1.97 bits per heavy atom. The van der Waals surface area contributed by atoms with Gasteiger partial charge >= 0.3 is 5.97 Å². The fourth-order valence-electron chi connectivity index (χ4n) is 2.74. The minimum absolute atomic E-state index is 0.178. The van der Waals surface area contributed by atoms with Crippen LogP contribution in [0.25, 0.3) is 10.2 Å². The Hall–Kier alpha value is -3.07. The van der Waals surface area contributed by atoms with Gasteiger partial charge in [-0.05, 0) is 44.0 Å². The summed E-state index contributed by atoms with van der Waals surface area (Å²) in [7, 11) is 0. The van der Waals surface area contributed by atoms with Crippen molar-refractivity contribution in [3.8, 4) is 0 Å². The number of carbonyl (C=O) groups excluding carboxylic acids is 2. The van der Waals surface area contributed by atoms with Crippen LogP contribution < -0.4 is 10.9 Å². The molecule has 2 heterocycles. The summed E-state index contributed by atoms with van der Waals surface area (Å²) in [5, 5.41) is 3.11. The van der Waals surface area contributed by atoms with Crippen LogP contribution in [0.1, 0.15) is 22.9 Å². The first-order valence-corrected chi connectivity index (χ1v) is 9.74. The molecule has 1 atom stereocenters. The number of ether oxygens (including phenoxy) is 1. The van der Waals surface area contributed by atoms with Crippen LogP contribution in [0.15, 0.2) is 35.4 Å². The fourth-order valence-corrected chi connectivity index (χ4v) is 3.73. The zero-order valence-corrected chi connectivity index (χ0v) is 17.0. The lowest BCUT2D eigenvalue weighted by Crippen LogP contribution is -2.37. The molecule has 0 fully saturated rings. The van der Waals surface area contributed by atoms with E-state index in [0.717, 1.165) is 10.4 Å². The molecule has 0 saturated carbocycles. The maximum Gasteiger partial charge on any atom is 0.326 e. The molecule has 0 aliphatic heterocycles. The molecule has 0 unspecified atom stereocenters. The van der Waals surface area contributed by atoms with Crippen LogP contribution in [0.2, 0.25) is 0 Å². The lowest BCUT2D eigenvalue weighted by molar-refractivity contribution is -0.155. The summed E-state index contributed by atoms with van der Waals surface area (Å²) in [6.07, 6.45) is 0.265. The van der Waals surface area contributed by atoms with Crippen molar-refractivity contribution in [3.05, 3.63) is 62.8 Å². The van der Waals surface area contributed by atoms with Gasteiger partial charge in [0.25, 0.3) is 11.5 Å². The number of aryl methyl sites for hydroxylation is 2. The molecule has 0 saturated heterocycles. The maximum atomic E-state index is 12.9. The van der Waals surface area contributed by atoms with E-state index in [4.69, 9.17) is 4.74 Å². The molecule has 9 heteroatoms. The summed E-state index contributed by atoms with van der Waals surface area (Å²) in [6.45, 7) is 5.03. The van der Waals surface area contributed by atoms with Crippen molar-refractivity contribution in [3.63, 3.8) is 0 Å². The highest BCUT2D eigenvalue weighted by molar-refractivity contribution is 7.18. The number of rotatable bonds is 6. The van der Waals surface area contributed by atoms with Gasteiger partial charge in [0.15, 0.2) is 6.10 Å². The molecule has 0 bridgehead atoms. The van der Waals surface area contributed by atoms with E-state index in [2.05, 4.69) is 10.3 Å². The summed E-state index contributed by atoms with van der Waals surface area (Å²) in [4.78, 5) is 42.8. The molecule has 0 aliphatic carbocycles. The van der Waals surface area contributed by atoms with Gasteiger partial charge in [-0.1, -0.05) is 12.1 Å². The lowest BCUT2D eigenvalue weighted by atomic mass is 10.2. The number of hydrogen-bond donors (Lipinski definition) is 1. The molecule has 3 rings (SSSR count). The third-order valence-electron chi connectivity index (χ3n) is 4.51. The first kappa shape index (κ1) is 20.7. The van der Waals surface area contributed by atoms with E-state index in [1.807, 2.05) is 13.8 Å². The topological polar surface area (TPSA) is 90.3 Å². The number of thiophene rings is 1. The second kappa shape index (κ2) is 8.52. The lowest BCUT2D eigenvalue weighted by Gasteiger charge is -2.14. The molecular formula is C20H20FN3O4S. The Morgan fingerprint density at radius 3 is 2.66 bits per heavy atom. The van der Waals surface area contributed by atoms with Crippen LogP contribution >= 0.6 is 11.3 Å². The van der Waals surface area contributed by atoms with Crippen molar-refractivity contribution < 1.29 is 18.7 Å². The monoisotopic (exact) mass is 417 g/mol. The van der Waals surface area contributed by atoms with Gasteiger partial charge in [-0.25, -0.2) is 9.37 Å². The zero-order chi connectivity index (χ0) is 21.1. The average Bonchev–Trinajstić information content (AvgIpc) is 2.98. The molecule has 0 radical (unpaired) electrons. The first-order valence-electron chi connectivity index (χ1n) is 8.93. The predicted molar refractivity (Wildman–Crippen MR) is 107 cm³/mol. The minimum Gasteiger partial charge on any atom is -0.451 e. The highest BCUT2D eigenvalue weighted by atomic mass is 32.1. The average molecular weight is 417 g/mol. The molecule has 152 valence electrons.